The maximum Gasteiger partial charge on any atom is 0.317 e. The molecule has 1 amide bonds. The molecular weight excluding hydrogens is 446 g/mol. The highest BCUT2D eigenvalue weighted by Gasteiger charge is 2.39. The van der Waals surface area contributed by atoms with Crippen LogP contribution in [0.1, 0.15) is 36.7 Å². The van der Waals surface area contributed by atoms with Gasteiger partial charge < -0.3 is 19.9 Å². The van der Waals surface area contributed by atoms with E-state index in [0.717, 1.165) is 41.0 Å². The molecule has 1 atom stereocenters. The molecule has 0 aliphatic carbocycles. The fraction of sp³-hybridized carbons (Fsp3) is 0.360. The molecule has 0 radical (unpaired) electrons. The van der Waals surface area contributed by atoms with Gasteiger partial charge in [0.25, 0.3) is 5.84 Å². The topological polar surface area (TPSA) is 151 Å². The van der Waals surface area contributed by atoms with E-state index in [0.29, 0.717) is 25.2 Å². The van der Waals surface area contributed by atoms with E-state index in [2.05, 4.69) is 10.6 Å². The molecule has 0 unspecified atom stereocenters. The predicted octanol–water partition coefficient (Wildman–Crippen LogP) is 0.162. The van der Waals surface area contributed by atoms with Crippen LogP contribution in [0.15, 0.2) is 42.5 Å². The molecule has 2 heterocycles. The molecule has 1 fully saturated rings. The maximum atomic E-state index is 13.4. The number of nitrogens with two attached hydrogens (primary N) is 2. The number of amidine groups is 1. The number of aliphatic carboxylic acids is 1. The van der Waals surface area contributed by atoms with E-state index in [9.17, 15) is 14.7 Å². The lowest BCUT2D eigenvalue weighted by molar-refractivity contribution is -0.139. The number of carbonyl (C=O) groups is 2. The molecule has 1 aromatic heterocycles. The van der Waals surface area contributed by atoms with Crippen LogP contribution < -0.4 is 21.8 Å². The first-order chi connectivity index (χ1) is 16.7. The van der Waals surface area contributed by atoms with Crippen LogP contribution in [0.25, 0.3) is 11.0 Å². The van der Waals surface area contributed by atoms with Gasteiger partial charge in [0.05, 0.1) is 29.7 Å². The number of aryl methyl sites for hydroxylation is 1. The highest BCUT2D eigenvalue weighted by atomic mass is 16.4. The molecule has 184 valence electrons. The number of hydrogen-bond acceptors (Lipinski definition) is 5. The SMILES string of the molecule is Cn1c(CNc2ccc(C(N)=[NH2+])cc2)nc2cc([C@@](C)(NCC(=O)O)C(=O)N3CCCC3)ccc21. The van der Waals surface area contributed by atoms with E-state index < -0.39 is 11.5 Å². The van der Waals surface area contributed by atoms with E-state index in [-0.39, 0.29) is 18.3 Å². The van der Waals surface area contributed by atoms with Crippen LogP contribution in [0.5, 0.6) is 0 Å². The number of carboxylic acids is 1. The second-order valence-electron chi connectivity index (χ2n) is 9.05. The smallest absolute Gasteiger partial charge is 0.317 e. The van der Waals surface area contributed by atoms with Gasteiger partial charge in [-0.25, -0.2) is 4.98 Å². The fourth-order valence-corrected chi connectivity index (χ4v) is 4.47. The molecule has 7 N–H and O–H groups in total. The van der Waals surface area contributed by atoms with Crippen molar-refractivity contribution in [2.24, 2.45) is 12.8 Å². The van der Waals surface area contributed by atoms with Crippen molar-refractivity contribution in [1.29, 1.82) is 0 Å². The molecule has 1 aliphatic heterocycles. The van der Waals surface area contributed by atoms with Crippen LogP contribution in [0, 0.1) is 0 Å². The Hall–Kier alpha value is -3.92. The van der Waals surface area contributed by atoms with Crippen molar-refractivity contribution in [1.82, 2.24) is 19.8 Å². The first-order valence-corrected chi connectivity index (χ1v) is 11.6. The number of anilines is 1. The Morgan fingerprint density at radius 1 is 1.17 bits per heavy atom. The Balaban J connectivity index is 1.60. The molecule has 0 bridgehead atoms. The standard InChI is InChI=1S/C25H31N7O3/c1-25(29-15-22(33)34,24(35)32-11-3-4-12-32)17-7-10-20-19(13-17)30-21(31(20)2)14-28-18-8-5-16(6-9-18)23(26)27/h5-10,13,28-29H,3-4,11-12,14-15H2,1-2H3,(H3,26,27)(H,33,34)/p+1/t25-/m1/s1. The Morgan fingerprint density at radius 2 is 1.86 bits per heavy atom. The van der Waals surface area contributed by atoms with Crippen molar-refractivity contribution < 1.29 is 20.1 Å². The third kappa shape index (κ3) is 4.97. The van der Waals surface area contributed by atoms with E-state index in [1.54, 1.807) is 11.8 Å². The zero-order valence-electron chi connectivity index (χ0n) is 20.0. The molecule has 1 saturated heterocycles. The molecular formula is C25H32N7O3+. The lowest BCUT2D eigenvalue weighted by Crippen LogP contribution is -2.54. The highest BCUT2D eigenvalue weighted by molar-refractivity contribution is 5.93. The number of aromatic nitrogens is 2. The third-order valence-corrected chi connectivity index (χ3v) is 6.63. The fourth-order valence-electron chi connectivity index (χ4n) is 4.47. The molecule has 2 aromatic carbocycles. The average molecular weight is 479 g/mol. The maximum absolute atomic E-state index is 13.4. The molecule has 35 heavy (non-hydrogen) atoms. The highest BCUT2D eigenvalue weighted by Crippen LogP contribution is 2.29. The van der Waals surface area contributed by atoms with Crippen molar-refractivity contribution in [3.63, 3.8) is 0 Å². The van der Waals surface area contributed by atoms with Gasteiger partial charge in [-0.2, -0.15) is 0 Å². The summed E-state index contributed by atoms with van der Waals surface area (Å²) < 4.78 is 2.00. The van der Waals surface area contributed by atoms with Crippen molar-refractivity contribution in [3.05, 3.63) is 59.4 Å². The molecule has 1 aliphatic rings. The van der Waals surface area contributed by atoms with Crippen LogP contribution in [0.3, 0.4) is 0 Å². The van der Waals surface area contributed by atoms with Crippen molar-refractivity contribution in [3.8, 4) is 0 Å². The van der Waals surface area contributed by atoms with Gasteiger partial charge in [-0.15, -0.1) is 0 Å². The number of fused-ring (bicyclic) bond motifs is 1. The number of nitrogens with zero attached hydrogens (tertiary/aromatic N) is 3. The number of nitrogens with one attached hydrogen (secondary N) is 2. The summed E-state index contributed by atoms with van der Waals surface area (Å²) in [5.74, 6) is -0.0435. The zero-order valence-corrected chi connectivity index (χ0v) is 20.0. The van der Waals surface area contributed by atoms with E-state index >= 15 is 0 Å². The quantitative estimate of drug-likeness (QED) is 0.217. The van der Waals surface area contributed by atoms with Gasteiger partial charge in [-0.1, -0.05) is 6.07 Å². The van der Waals surface area contributed by atoms with Crippen LogP contribution in [-0.4, -0.2) is 56.9 Å². The van der Waals surface area contributed by atoms with Crippen LogP contribution in [0.2, 0.25) is 0 Å². The zero-order chi connectivity index (χ0) is 25.2. The molecule has 10 heteroatoms. The monoisotopic (exact) mass is 478 g/mol. The Kier molecular flexibility index (Phi) is 6.74. The van der Waals surface area contributed by atoms with Crippen molar-refractivity contribution >= 4 is 34.4 Å². The summed E-state index contributed by atoms with van der Waals surface area (Å²) in [5, 5.41) is 21.2. The number of hydrogen-bond donors (Lipinski definition) is 5. The molecule has 10 nitrogen and oxygen atoms in total. The first kappa shape index (κ1) is 24.2. The Labute approximate surface area is 203 Å². The molecule has 3 aromatic rings. The molecule has 4 rings (SSSR count). The van der Waals surface area contributed by atoms with Gasteiger partial charge in [0.2, 0.25) is 5.91 Å². The van der Waals surface area contributed by atoms with E-state index in [1.165, 1.54) is 0 Å². The lowest BCUT2D eigenvalue weighted by Gasteiger charge is -2.33. The third-order valence-electron chi connectivity index (χ3n) is 6.63. The summed E-state index contributed by atoms with van der Waals surface area (Å²) in [7, 11) is 1.94. The minimum absolute atomic E-state index is 0.118. The van der Waals surface area contributed by atoms with Gasteiger partial charge in [-0.05, 0) is 61.7 Å². The van der Waals surface area contributed by atoms with Gasteiger partial charge in [-0.3, -0.25) is 26.0 Å². The number of rotatable bonds is 9. The summed E-state index contributed by atoms with van der Waals surface area (Å²) >= 11 is 0. The van der Waals surface area contributed by atoms with Crippen molar-refractivity contribution in [2.45, 2.75) is 31.8 Å². The van der Waals surface area contributed by atoms with Crippen LogP contribution in [-0.2, 0) is 28.7 Å². The Morgan fingerprint density at radius 3 is 2.49 bits per heavy atom. The number of likely N-dealkylation sites (tertiary alicyclic amines) is 1. The second kappa shape index (κ2) is 9.75. The summed E-state index contributed by atoms with van der Waals surface area (Å²) in [6.45, 7) is 3.28. The predicted molar refractivity (Wildman–Crippen MR) is 134 cm³/mol. The van der Waals surface area contributed by atoms with Gasteiger partial charge in [0.1, 0.15) is 11.4 Å². The molecule has 0 spiro atoms. The number of imidazole rings is 1. The van der Waals surface area contributed by atoms with Gasteiger partial charge in [0.15, 0.2) is 0 Å². The number of benzene rings is 2. The van der Waals surface area contributed by atoms with E-state index in [4.69, 9.17) is 16.1 Å². The Bertz CT molecular complexity index is 1260. The summed E-state index contributed by atoms with van der Waals surface area (Å²) in [5.41, 5.74) is 8.47. The minimum atomic E-state index is -1.17. The summed E-state index contributed by atoms with van der Waals surface area (Å²) in [4.78, 5) is 31.3. The largest absolute Gasteiger partial charge is 0.480 e. The summed E-state index contributed by atoms with van der Waals surface area (Å²) in [6, 6.07) is 13.2. The lowest BCUT2D eigenvalue weighted by atomic mass is 9.89. The average Bonchev–Trinajstić information content (AvgIpc) is 3.49. The molecule has 0 saturated carbocycles. The minimum Gasteiger partial charge on any atom is -0.480 e. The number of carboxylic acid groups (broad SMARTS) is 1. The number of amides is 1. The van der Waals surface area contributed by atoms with Crippen LogP contribution >= 0.6 is 0 Å². The number of carbonyl (C=O) groups excluding carboxylic acids is 1. The first-order valence-electron chi connectivity index (χ1n) is 11.6. The van der Waals surface area contributed by atoms with Gasteiger partial charge >= 0.3 is 5.97 Å². The van der Waals surface area contributed by atoms with Crippen LogP contribution in [0.4, 0.5) is 5.69 Å². The second-order valence-corrected chi connectivity index (χ2v) is 9.05. The summed E-state index contributed by atoms with van der Waals surface area (Å²) in [6.07, 6.45) is 1.91. The van der Waals surface area contributed by atoms with Crippen molar-refractivity contribution in [2.75, 3.05) is 25.0 Å². The van der Waals surface area contributed by atoms with Gasteiger partial charge in [0, 0.05) is 25.8 Å². The normalized spacial score (nSPS) is 15.2. The van der Waals surface area contributed by atoms with E-state index in [1.807, 2.05) is 54.1 Å².